The lowest BCUT2D eigenvalue weighted by atomic mass is 10.1. The molecule has 23 heavy (non-hydrogen) atoms. The van der Waals surface area contributed by atoms with Crippen LogP contribution in [0.25, 0.3) is 0 Å². The topological polar surface area (TPSA) is 52.6 Å². The Morgan fingerprint density at radius 3 is 2.70 bits per heavy atom. The standard InChI is InChI=1S/C17H20N2O3.ClH/c1-12(14-3-5-18-6-4-14)19-11-13-9-15(20-2)17-16(10-13)21-7-8-22-17;/h3-6,9-10,12,19H,7-8,11H2,1-2H3;1H. The van der Waals surface area contributed by atoms with Crippen molar-refractivity contribution in [2.24, 2.45) is 0 Å². The summed E-state index contributed by atoms with van der Waals surface area (Å²) in [6.45, 7) is 3.97. The fraction of sp³-hybridized carbons (Fsp3) is 0.353. The minimum atomic E-state index is 0. The van der Waals surface area contributed by atoms with Gasteiger partial charge in [0.15, 0.2) is 11.5 Å². The van der Waals surface area contributed by atoms with Crippen LogP contribution < -0.4 is 19.5 Å². The van der Waals surface area contributed by atoms with Crippen LogP contribution in [-0.4, -0.2) is 25.3 Å². The van der Waals surface area contributed by atoms with Gasteiger partial charge in [-0.15, -0.1) is 12.4 Å². The predicted molar refractivity (Wildman–Crippen MR) is 90.7 cm³/mol. The quantitative estimate of drug-likeness (QED) is 0.909. The number of methoxy groups -OCH3 is 1. The molecule has 0 spiro atoms. The highest BCUT2D eigenvalue weighted by molar-refractivity contribution is 5.85. The fourth-order valence-corrected chi connectivity index (χ4v) is 2.47. The van der Waals surface area contributed by atoms with Gasteiger partial charge in [0, 0.05) is 25.0 Å². The Morgan fingerprint density at radius 1 is 1.22 bits per heavy atom. The molecule has 1 unspecified atom stereocenters. The lowest BCUT2D eigenvalue weighted by molar-refractivity contribution is 0.165. The minimum Gasteiger partial charge on any atom is -0.493 e. The molecular formula is C17H21ClN2O3. The SMILES string of the molecule is COc1cc(CNC(C)c2ccncc2)cc2c1OCCO2.Cl. The summed E-state index contributed by atoms with van der Waals surface area (Å²) >= 11 is 0. The first-order valence-electron chi connectivity index (χ1n) is 7.37. The van der Waals surface area contributed by atoms with Crippen molar-refractivity contribution >= 4 is 12.4 Å². The highest BCUT2D eigenvalue weighted by Crippen LogP contribution is 2.40. The Balaban J connectivity index is 0.00000192. The summed E-state index contributed by atoms with van der Waals surface area (Å²) < 4.78 is 16.7. The van der Waals surface area contributed by atoms with Crippen molar-refractivity contribution in [2.45, 2.75) is 19.5 Å². The van der Waals surface area contributed by atoms with Crippen molar-refractivity contribution in [2.75, 3.05) is 20.3 Å². The van der Waals surface area contributed by atoms with Gasteiger partial charge in [-0.3, -0.25) is 4.98 Å². The lowest BCUT2D eigenvalue weighted by Crippen LogP contribution is -2.19. The Hall–Kier alpha value is -1.98. The molecule has 0 aliphatic carbocycles. The molecule has 0 amide bonds. The van der Waals surface area contributed by atoms with Crippen LogP contribution in [0.1, 0.15) is 24.1 Å². The number of aromatic nitrogens is 1. The second-order valence-corrected chi connectivity index (χ2v) is 5.21. The van der Waals surface area contributed by atoms with Gasteiger partial charge in [0.05, 0.1) is 7.11 Å². The van der Waals surface area contributed by atoms with Gasteiger partial charge in [-0.2, -0.15) is 0 Å². The summed E-state index contributed by atoms with van der Waals surface area (Å²) in [5, 5.41) is 3.49. The van der Waals surface area contributed by atoms with Gasteiger partial charge in [0.2, 0.25) is 5.75 Å². The van der Waals surface area contributed by atoms with Crippen molar-refractivity contribution in [3.63, 3.8) is 0 Å². The highest BCUT2D eigenvalue weighted by atomic mass is 35.5. The van der Waals surface area contributed by atoms with E-state index in [0.717, 1.165) is 17.9 Å². The Bertz CT molecular complexity index is 620. The molecule has 0 saturated carbocycles. The number of hydrogen-bond donors (Lipinski definition) is 1. The second kappa shape index (κ2) is 8.04. The number of halogens is 1. The number of fused-ring (bicyclic) bond motifs is 1. The molecule has 5 nitrogen and oxygen atoms in total. The number of nitrogens with zero attached hydrogens (tertiary/aromatic N) is 1. The van der Waals surface area contributed by atoms with Crippen molar-refractivity contribution < 1.29 is 14.2 Å². The van der Waals surface area contributed by atoms with Crippen molar-refractivity contribution in [3.05, 3.63) is 47.8 Å². The van der Waals surface area contributed by atoms with Crippen LogP contribution in [0.3, 0.4) is 0 Å². The van der Waals surface area contributed by atoms with E-state index in [1.807, 2.05) is 24.3 Å². The van der Waals surface area contributed by atoms with Crippen molar-refractivity contribution in [1.29, 1.82) is 0 Å². The summed E-state index contributed by atoms with van der Waals surface area (Å²) in [5.74, 6) is 2.16. The zero-order valence-corrected chi connectivity index (χ0v) is 14.1. The molecule has 0 fully saturated rings. The Kier molecular flexibility index (Phi) is 6.07. The maximum absolute atomic E-state index is 5.66. The maximum atomic E-state index is 5.66. The number of pyridine rings is 1. The van der Waals surface area contributed by atoms with Crippen molar-refractivity contribution in [1.82, 2.24) is 10.3 Å². The van der Waals surface area contributed by atoms with Crippen LogP contribution >= 0.6 is 12.4 Å². The molecule has 1 N–H and O–H groups in total. The third-order valence-electron chi connectivity index (χ3n) is 3.71. The molecule has 124 valence electrons. The van der Waals surface area contributed by atoms with Gasteiger partial charge in [0.25, 0.3) is 0 Å². The monoisotopic (exact) mass is 336 g/mol. The molecule has 2 heterocycles. The van der Waals surface area contributed by atoms with E-state index < -0.39 is 0 Å². The molecule has 1 atom stereocenters. The van der Waals surface area contributed by atoms with E-state index in [-0.39, 0.29) is 18.4 Å². The smallest absolute Gasteiger partial charge is 0.203 e. The van der Waals surface area contributed by atoms with E-state index in [1.54, 1.807) is 19.5 Å². The van der Waals surface area contributed by atoms with Crippen LogP contribution in [0.4, 0.5) is 0 Å². The average Bonchev–Trinajstić information content (AvgIpc) is 2.59. The maximum Gasteiger partial charge on any atom is 0.203 e. The molecule has 6 heteroatoms. The lowest BCUT2D eigenvalue weighted by Gasteiger charge is -2.22. The normalized spacial score (nSPS) is 13.8. The zero-order chi connectivity index (χ0) is 15.4. The van der Waals surface area contributed by atoms with E-state index in [4.69, 9.17) is 14.2 Å². The molecule has 0 radical (unpaired) electrons. The van der Waals surface area contributed by atoms with E-state index in [2.05, 4.69) is 17.2 Å². The molecule has 0 bridgehead atoms. The average molecular weight is 337 g/mol. The van der Waals surface area contributed by atoms with Crippen LogP contribution in [-0.2, 0) is 6.54 Å². The summed E-state index contributed by atoms with van der Waals surface area (Å²) in [5.41, 5.74) is 2.31. The first-order valence-corrected chi connectivity index (χ1v) is 7.37. The molecule has 1 aliphatic rings. The summed E-state index contributed by atoms with van der Waals surface area (Å²) in [4.78, 5) is 4.04. The molecule has 1 aromatic heterocycles. The van der Waals surface area contributed by atoms with Gasteiger partial charge in [-0.25, -0.2) is 0 Å². The Morgan fingerprint density at radius 2 is 1.96 bits per heavy atom. The van der Waals surface area contributed by atoms with Crippen LogP contribution in [0.2, 0.25) is 0 Å². The predicted octanol–water partition coefficient (Wildman–Crippen LogP) is 3.13. The molecule has 1 aromatic carbocycles. The third kappa shape index (κ3) is 4.06. The largest absolute Gasteiger partial charge is 0.493 e. The van der Waals surface area contributed by atoms with Gasteiger partial charge in [0.1, 0.15) is 13.2 Å². The first kappa shape index (κ1) is 17.4. The zero-order valence-electron chi connectivity index (χ0n) is 13.2. The number of nitrogens with one attached hydrogen (secondary N) is 1. The fourth-order valence-electron chi connectivity index (χ4n) is 2.47. The van der Waals surface area contributed by atoms with Gasteiger partial charge in [-0.1, -0.05) is 0 Å². The third-order valence-corrected chi connectivity index (χ3v) is 3.71. The van der Waals surface area contributed by atoms with Gasteiger partial charge >= 0.3 is 0 Å². The van der Waals surface area contributed by atoms with E-state index in [1.165, 1.54) is 5.56 Å². The Labute approximate surface area is 142 Å². The van der Waals surface area contributed by atoms with Crippen molar-refractivity contribution in [3.8, 4) is 17.2 Å². The molecule has 0 saturated heterocycles. The second-order valence-electron chi connectivity index (χ2n) is 5.21. The van der Waals surface area contributed by atoms with E-state index in [0.29, 0.717) is 24.7 Å². The van der Waals surface area contributed by atoms with Crippen LogP contribution in [0.5, 0.6) is 17.2 Å². The first-order chi connectivity index (χ1) is 10.8. The molecule has 1 aliphatic heterocycles. The number of hydrogen-bond acceptors (Lipinski definition) is 5. The van der Waals surface area contributed by atoms with Crippen LogP contribution in [0, 0.1) is 0 Å². The van der Waals surface area contributed by atoms with Crippen LogP contribution in [0.15, 0.2) is 36.7 Å². The molecule has 3 rings (SSSR count). The summed E-state index contributed by atoms with van der Waals surface area (Å²) in [7, 11) is 1.64. The van der Waals surface area contributed by atoms with Gasteiger partial charge < -0.3 is 19.5 Å². The number of benzene rings is 1. The molecule has 2 aromatic rings. The molecular weight excluding hydrogens is 316 g/mol. The number of ether oxygens (including phenoxy) is 3. The minimum absolute atomic E-state index is 0. The van der Waals surface area contributed by atoms with E-state index in [9.17, 15) is 0 Å². The summed E-state index contributed by atoms with van der Waals surface area (Å²) in [6, 6.07) is 8.26. The number of rotatable bonds is 5. The van der Waals surface area contributed by atoms with E-state index >= 15 is 0 Å². The van der Waals surface area contributed by atoms with Gasteiger partial charge in [-0.05, 0) is 42.3 Å². The summed E-state index contributed by atoms with van der Waals surface area (Å²) in [6.07, 6.45) is 3.61. The highest BCUT2D eigenvalue weighted by Gasteiger charge is 2.18.